The maximum atomic E-state index is 13.3. The zero-order valence-electron chi connectivity index (χ0n) is 9.21. The lowest BCUT2D eigenvalue weighted by Crippen LogP contribution is -2.06. The van der Waals surface area contributed by atoms with Crippen LogP contribution in [0.15, 0.2) is 23.2 Å². The van der Waals surface area contributed by atoms with Crippen LogP contribution in [0.5, 0.6) is 0 Å². The standard InChI is InChI=1S/C10H8FNO4S2/c1-2-16-10(13)7-8(18(11,14)15)6-4-3-5-12-9(6)17-7/h3-5H,2H2,1H3. The van der Waals surface area contributed by atoms with Gasteiger partial charge in [0.05, 0.1) is 6.61 Å². The third kappa shape index (κ3) is 2.21. The fraction of sp³-hybridized carbons (Fsp3) is 0.200. The number of fused-ring (bicyclic) bond motifs is 1. The zero-order valence-corrected chi connectivity index (χ0v) is 10.8. The molecule has 0 aliphatic rings. The number of esters is 1. The molecule has 96 valence electrons. The van der Waals surface area contributed by atoms with Gasteiger partial charge in [0.2, 0.25) is 0 Å². The van der Waals surface area contributed by atoms with E-state index in [0.717, 1.165) is 11.3 Å². The van der Waals surface area contributed by atoms with Crippen LogP contribution in [0.1, 0.15) is 16.6 Å². The van der Waals surface area contributed by atoms with Gasteiger partial charge < -0.3 is 4.74 Å². The topological polar surface area (TPSA) is 73.3 Å². The van der Waals surface area contributed by atoms with E-state index in [1.807, 2.05) is 0 Å². The van der Waals surface area contributed by atoms with Crippen LogP contribution >= 0.6 is 11.3 Å². The Balaban J connectivity index is 2.77. The Hall–Kier alpha value is -1.54. The molecule has 0 aliphatic carbocycles. The summed E-state index contributed by atoms with van der Waals surface area (Å²) in [6.45, 7) is 1.65. The maximum absolute atomic E-state index is 13.3. The summed E-state index contributed by atoms with van der Waals surface area (Å²) in [7, 11) is -5.01. The number of aromatic nitrogens is 1. The third-order valence-electron chi connectivity index (χ3n) is 2.13. The third-order valence-corrected chi connectivity index (χ3v) is 4.26. The lowest BCUT2D eigenvalue weighted by molar-refractivity contribution is 0.0528. The second-order valence-electron chi connectivity index (χ2n) is 3.27. The van der Waals surface area contributed by atoms with Gasteiger partial charge in [0.15, 0.2) is 0 Å². The van der Waals surface area contributed by atoms with Gasteiger partial charge in [-0.15, -0.1) is 15.2 Å². The summed E-state index contributed by atoms with van der Waals surface area (Å²) in [5, 5.41) is 0.0908. The predicted molar refractivity (Wildman–Crippen MR) is 63.9 cm³/mol. The van der Waals surface area contributed by atoms with Crippen molar-refractivity contribution in [1.82, 2.24) is 4.98 Å². The Morgan fingerprint density at radius 3 is 2.89 bits per heavy atom. The molecule has 2 aromatic heterocycles. The number of carbonyl (C=O) groups is 1. The lowest BCUT2D eigenvalue weighted by atomic mass is 10.3. The van der Waals surface area contributed by atoms with Gasteiger partial charge in [-0.1, -0.05) is 0 Å². The Bertz CT molecular complexity index is 708. The first-order valence-corrected chi connectivity index (χ1v) is 7.14. The van der Waals surface area contributed by atoms with Gasteiger partial charge in [0.1, 0.15) is 14.6 Å². The van der Waals surface area contributed by atoms with Gasteiger partial charge in [0.25, 0.3) is 0 Å². The minimum atomic E-state index is -5.01. The molecule has 0 aliphatic heterocycles. The number of hydrogen-bond donors (Lipinski definition) is 0. The monoisotopic (exact) mass is 289 g/mol. The number of pyridine rings is 1. The molecule has 0 spiro atoms. The molecule has 0 aromatic carbocycles. The molecule has 2 rings (SSSR count). The van der Waals surface area contributed by atoms with Gasteiger partial charge in [-0.2, -0.15) is 8.42 Å². The Morgan fingerprint density at radius 1 is 1.56 bits per heavy atom. The van der Waals surface area contributed by atoms with Crippen LogP contribution in [0.25, 0.3) is 10.2 Å². The first-order chi connectivity index (χ1) is 8.45. The van der Waals surface area contributed by atoms with Gasteiger partial charge in [0, 0.05) is 11.6 Å². The van der Waals surface area contributed by atoms with Crippen LogP contribution in [-0.4, -0.2) is 26.0 Å². The second kappa shape index (κ2) is 4.62. The molecule has 0 saturated carbocycles. The van der Waals surface area contributed by atoms with E-state index in [9.17, 15) is 17.1 Å². The first-order valence-electron chi connectivity index (χ1n) is 4.94. The number of halogens is 1. The summed E-state index contributed by atoms with van der Waals surface area (Å²) in [5.41, 5.74) is 0. The Labute approximate surface area is 106 Å². The van der Waals surface area contributed by atoms with Crippen molar-refractivity contribution >= 4 is 37.7 Å². The van der Waals surface area contributed by atoms with E-state index in [4.69, 9.17) is 4.74 Å². The molecular weight excluding hydrogens is 281 g/mol. The van der Waals surface area contributed by atoms with Crippen LogP contribution in [0.2, 0.25) is 0 Å². The fourth-order valence-electron chi connectivity index (χ4n) is 1.48. The van der Waals surface area contributed by atoms with Crippen LogP contribution in [0.3, 0.4) is 0 Å². The van der Waals surface area contributed by atoms with Crippen molar-refractivity contribution in [3.8, 4) is 0 Å². The largest absolute Gasteiger partial charge is 0.462 e. The second-order valence-corrected chi connectivity index (χ2v) is 5.56. The van der Waals surface area contributed by atoms with E-state index in [2.05, 4.69) is 4.98 Å². The molecule has 0 unspecified atom stereocenters. The number of nitrogens with zero attached hydrogens (tertiary/aromatic N) is 1. The van der Waals surface area contributed by atoms with Crippen molar-refractivity contribution in [3.63, 3.8) is 0 Å². The van der Waals surface area contributed by atoms with Crippen molar-refractivity contribution in [3.05, 3.63) is 23.2 Å². The average Bonchev–Trinajstić information content (AvgIpc) is 2.68. The summed E-state index contributed by atoms with van der Waals surface area (Å²) in [5.74, 6) is -0.864. The lowest BCUT2D eigenvalue weighted by Gasteiger charge is -2.00. The molecule has 2 heterocycles. The summed E-state index contributed by atoms with van der Waals surface area (Å²) in [4.78, 5) is 14.8. The number of ether oxygens (including phenoxy) is 1. The summed E-state index contributed by atoms with van der Waals surface area (Å²) in [6, 6.07) is 2.87. The molecule has 18 heavy (non-hydrogen) atoms. The molecule has 8 heteroatoms. The molecule has 2 aromatic rings. The number of rotatable bonds is 3. The summed E-state index contributed by atoms with van der Waals surface area (Å²) in [6.07, 6.45) is 1.43. The molecule has 0 atom stereocenters. The van der Waals surface area contributed by atoms with Crippen molar-refractivity contribution in [1.29, 1.82) is 0 Å². The van der Waals surface area contributed by atoms with Gasteiger partial charge in [-0.05, 0) is 19.1 Å². The van der Waals surface area contributed by atoms with E-state index >= 15 is 0 Å². The van der Waals surface area contributed by atoms with E-state index < -0.39 is 21.1 Å². The molecule has 5 nitrogen and oxygen atoms in total. The summed E-state index contributed by atoms with van der Waals surface area (Å²) >= 11 is 0.794. The molecule has 0 fully saturated rings. The minimum Gasteiger partial charge on any atom is -0.462 e. The normalized spacial score (nSPS) is 11.7. The number of carbonyl (C=O) groups excluding carboxylic acids is 1. The van der Waals surface area contributed by atoms with E-state index in [-0.39, 0.29) is 21.7 Å². The SMILES string of the molecule is CCOC(=O)c1sc2ncccc2c1S(=O)(=O)F. The zero-order chi connectivity index (χ0) is 13.3. The highest BCUT2D eigenvalue weighted by Crippen LogP contribution is 2.34. The highest BCUT2D eigenvalue weighted by molar-refractivity contribution is 7.87. The van der Waals surface area contributed by atoms with Crippen molar-refractivity contribution < 1.29 is 21.8 Å². The Morgan fingerprint density at radius 2 is 2.28 bits per heavy atom. The highest BCUT2D eigenvalue weighted by Gasteiger charge is 2.29. The van der Waals surface area contributed by atoms with Gasteiger partial charge >= 0.3 is 16.2 Å². The number of hydrogen-bond acceptors (Lipinski definition) is 6. The minimum absolute atomic E-state index is 0.0757. The highest BCUT2D eigenvalue weighted by atomic mass is 32.3. The first kappa shape index (κ1) is 12.9. The van der Waals surface area contributed by atoms with Crippen molar-refractivity contribution in [2.45, 2.75) is 11.8 Å². The van der Waals surface area contributed by atoms with E-state index in [1.54, 1.807) is 6.92 Å². The average molecular weight is 289 g/mol. The van der Waals surface area contributed by atoms with Crippen molar-refractivity contribution in [2.24, 2.45) is 0 Å². The smallest absolute Gasteiger partial charge is 0.349 e. The van der Waals surface area contributed by atoms with E-state index in [0.29, 0.717) is 0 Å². The molecule has 0 N–H and O–H groups in total. The fourth-order valence-corrected chi connectivity index (χ4v) is 3.64. The molecule has 0 amide bonds. The quantitative estimate of drug-likeness (QED) is 0.639. The molecule has 0 radical (unpaired) electrons. The van der Waals surface area contributed by atoms with Crippen LogP contribution in [0.4, 0.5) is 3.89 Å². The number of thiophene rings is 1. The van der Waals surface area contributed by atoms with Crippen LogP contribution in [0, 0.1) is 0 Å². The van der Waals surface area contributed by atoms with Gasteiger partial charge in [-0.25, -0.2) is 9.78 Å². The van der Waals surface area contributed by atoms with Gasteiger partial charge in [-0.3, -0.25) is 0 Å². The predicted octanol–water partition coefficient (Wildman–Crippen LogP) is 2.13. The summed E-state index contributed by atoms with van der Waals surface area (Å²) < 4.78 is 40.3. The molecular formula is C10H8FNO4S2. The maximum Gasteiger partial charge on any atom is 0.349 e. The van der Waals surface area contributed by atoms with Crippen LogP contribution < -0.4 is 0 Å². The molecule has 0 bridgehead atoms. The van der Waals surface area contributed by atoms with E-state index in [1.165, 1.54) is 18.3 Å². The molecule has 0 saturated heterocycles. The van der Waals surface area contributed by atoms with Crippen LogP contribution in [-0.2, 0) is 15.0 Å². The van der Waals surface area contributed by atoms with Crippen molar-refractivity contribution in [2.75, 3.05) is 6.61 Å². The Kier molecular flexibility index (Phi) is 3.31.